The zero-order valence-corrected chi connectivity index (χ0v) is 12.7. The van der Waals surface area contributed by atoms with Crippen LogP contribution in [0.15, 0.2) is 9.85 Å². The maximum absolute atomic E-state index is 10.3. The first-order valence-corrected chi connectivity index (χ1v) is 7.64. The Labute approximate surface area is 111 Å². The molecule has 0 saturated heterocycles. The Balaban J connectivity index is 2.70. The summed E-state index contributed by atoms with van der Waals surface area (Å²) in [6.45, 7) is 6.44. The summed E-state index contributed by atoms with van der Waals surface area (Å²) in [4.78, 5) is 1.10. The van der Waals surface area contributed by atoms with Crippen LogP contribution in [0.2, 0.25) is 0 Å². The largest absolute Gasteiger partial charge is 0.387 e. The Hall–Kier alpha value is 0.140. The quantitative estimate of drug-likeness (QED) is 0.778. The van der Waals surface area contributed by atoms with Crippen molar-refractivity contribution < 1.29 is 5.11 Å². The number of aliphatic hydroxyl groups is 1. The Morgan fingerprint density at radius 3 is 2.56 bits per heavy atom. The molecule has 0 radical (unpaired) electrons. The van der Waals surface area contributed by atoms with E-state index in [1.807, 2.05) is 0 Å². The molecule has 2 atom stereocenters. The van der Waals surface area contributed by atoms with Gasteiger partial charge < -0.3 is 5.11 Å². The van der Waals surface area contributed by atoms with Gasteiger partial charge in [0.15, 0.2) is 0 Å². The highest BCUT2D eigenvalue weighted by Gasteiger charge is 2.21. The molecule has 0 fully saturated rings. The summed E-state index contributed by atoms with van der Waals surface area (Å²) in [5, 5.41) is 10.3. The first-order valence-electron chi connectivity index (χ1n) is 6.04. The monoisotopic (exact) mass is 304 g/mol. The number of hydrogen-bond acceptors (Lipinski definition) is 2. The second-order valence-corrected chi connectivity index (χ2v) is 6.76. The lowest BCUT2D eigenvalue weighted by Crippen LogP contribution is -2.10. The lowest BCUT2D eigenvalue weighted by Gasteiger charge is -2.20. The molecule has 1 aromatic rings. The second kappa shape index (κ2) is 6.77. The van der Waals surface area contributed by atoms with Crippen LogP contribution in [0, 0.1) is 12.8 Å². The predicted molar refractivity (Wildman–Crippen MR) is 75.0 cm³/mol. The number of hydrogen-bond donors (Lipinski definition) is 1. The minimum Gasteiger partial charge on any atom is -0.387 e. The van der Waals surface area contributed by atoms with Crippen molar-refractivity contribution in [3.8, 4) is 0 Å². The Morgan fingerprint density at radius 1 is 1.44 bits per heavy atom. The van der Waals surface area contributed by atoms with Crippen molar-refractivity contribution in [1.82, 2.24) is 0 Å². The van der Waals surface area contributed by atoms with Crippen LogP contribution < -0.4 is 0 Å². The van der Waals surface area contributed by atoms with Crippen molar-refractivity contribution in [2.24, 2.45) is 5.92 Å². The lowest BCUT2D eigenvalue weighted by atomic mass is 9.92. The molecule has 0 aromatic carbocycles. The Morgan fingerprint density at radius 2 is 2.12 bits per heavy atom. The molecule has 1 heterocycles. The van der Waals surface area contributed by atoms with Gasteiger partial charge in [-0.25, -0.2) is 0 Å². The van der Waals surface area contributed by atoms with Crippen LogP contribution in [-0.2, 0) is 0 Å². The summed E-state index contributed by atoms with van der Waals surface area (Å²) in [6, 6.07) is 2.11. The van der Waals surface area contributed by atoms with Crippen molar-refractivity contribution >= 4 is 27.3 Å². The van der Waals surface area contributed by atoms with E-state index in [2.05, 4.69) is 42.8 Å². The van der Waals surface area contributed by atoms with E-state index in [0.717, 1.165) is 21.5 Å². The molecule has 1 N–H and O–H groups in total. The van der Waals surface area contributed by atoms with Gasteiger partial charge in [-0.1, -0.05) is 33.1 Å². The zero-order valence-electron chi connectivity index (χ0n) is 10.3. The van der Waals surface area contributed by atoms with Crippen molar-refractivity contribution in [3.05, 3.63) is 20.3 Å². The summed E-state index contributed by atoms with van der Waals surface area (Å²) in [6.07, 6.45) is 4.31. The summed E-state index contributed by atoms with van der Waals surface area (Å²) < 4.78 is 1.15. The molecule has 92 valence electrons. The number of halogens is 1. The first-order chi connectivity index (χ1) is 7.60. The minimum absolute atomic E-state index is 0.286. The van der Waals surface area contributed by atoms with Gasteiger partial charge in [-0.2, -0.15) is 0 Å². The van der Waals surface area contributed by atoms with Crippen molar-refractivity contribution in [2.75, 3.05) is 0 Å². The molecule has 0 spiro atoms. The number of unbranched alkanes of at least 4 members (excludes halogenated alkanes) is 1. The number of aliphatic hydroxyl groups excluding tert-OH is 1. The smallest absolute Gasteiger partial charge is 0.0910 e. The van der Waals surface area contributed by atoms with Crippen LogP contribution in [0.25, 0.3) is 0 Å². The normalized spacial score (nSPS) is 15.1. The average Bonchev–Trinajstić information content (AvgIpc) is 2.60. The lowest BCUT2D eigenvalue weighted by molar-refractivity contribution is 0.102. The summed E-state index contributed by atoms with van der Waals surface area (Å²) >= 11 is 5.18. The number of aryl methyl sites for hydroxylation is 1. The number of rotatable bonds is 6. The van der Waals surface area contributed by atoms with E-state index in [1.165, 1.54) is 18.4 Å². The van der Waals surface area contributed by atoms with Gasteiger partial charge in [0.05, 0.1) is 9.89 Å². The van der Waals surface area contributed by atoms with Crippen LogP contribution in [-0.4, -0.2) is 5.11 Å². The standard InChI is InChI=1S/C13H21BrOS/c1-4-6-7-10(5-2)12(15)11-8-9(3)13(14)16-11/h8,10,12,15H,4-7H2,1-3H3. The van der Waals surface area contributed by atoms with E-state index in [4.69, 9.17) is 0 Å². The minimum atomic E-state index is -0.286. The zero-order chi connectivity index (χ0) is 12.1. The Kier molecular flexibility index (Phi) is 6.01. The van der Waals surface area contributed by atoms with Gasteiger partial charge in [0, 0.05) is 4.88 Å². The van der Waals surface area contributed by atoms with Gasteiger partial charge in [-0.15, -0.1) is 11.3 Å². The van der Waals surface area contributed by atoms with E-state index < -0.39 is 0 Å². The molecule has 0 bridgehead atoms. The summed E-state index contributed by atoms with van der Waals surface area (Å²) in [5.74, 6) is 0.407. The maximum atomic E-state index is 10.3. The van der Waals surface area contributed by atoms with E-state index in [1.54, 1.807) is 11.3 Å². The molecule has 0 amide bonds. The SMILES string of the molecule is CCCCC(CC)C(O)c1cc(C)c(Br)s1. The molecule has 16 heavy (non-hydrogen) atoms. The molecular formula is C13H21BrOS. The first kappa shape index (κ1) is 14.2. The van der Waals surface area contributed by atoms with Gasteiger partial charge in [-0.05, 0) is 46.8 Å². The van der Waals surface area contributed by atoms with Crippen LogP contribution >= 0.6 is 27.3 Å². The molecule has 0 saturated carbocycles. The summed E-state index contributed by atoms with van der Waals surface area (Å²) in [5.41, 5.74) is 1.23. The van der Waals surface area contributed by atoms with Crippen LogP contribution in [0.4, 0.5) is 0 Å². The molecule has 0 aliphatic heterocycles. The fourth-order valence-corrected chi connectivity index (χ4v) is 3.56. The maximum Gasteiger partial charge on any atom is 0.0910 e. The predicted octanol–water partition coefficient (Wildman–Crippen LogP) is 5.07. The van der Waals surface area contributed by atoms with Gasteiger partial charge in [-0.3, -0.25) is 0 Å². The van der Waals surface area contributed by atoms with Gasteiger partial charge in [0.1, 0.15) is 0 Å². The fourth-order valence-electron chi connectivity index (χ4n) is 1.91. The molecule has 0 aliphatic rings. The van der Waals surface area contributed by atoms with E-state index in [0.29, 0.717) is 5.92 Å². The molecule has 3 heteroatoms. The van der Waals surface area contributed by atoms with Crippen LogP contribution in [0.5, 0.6) is 0 Å². The van der Waals surface area contributed by atoms with E-state index >= 15 is 0 Å². The van der Waals surface area contributed by atoms with Crippen LogP contribution in [0.3, 0.4) is 0 Å². The molecule has 0 aliphatic carbocycles. The van der Waals surface area contributed by atoms with Crippen molar-refractivity contribution in [1.29, 1.82) is 0 Å². The van der Waals surface area contributed by atoms with E-state index in [-0.39, 0.29) is 6.10 Å². The summed E-state index contributed by atoms with van der Waals surface area (Å²) in [7, 11) is 0. The van der Waals surface area contributed by atoms with Gasteiger partial charge in [0.25, 0.3) is 0 Å². The highest BCUT2D eigenvalue weighted by atomic mass is 79.9. The molecule has 1 nitrogen and oxygen atoms in total. The van der Waals surface area contributed by atoms with Crippen molar-refractivity contribution in [2.45, 2.75) is 52.6 Å². The number of thiophene rings is 1. The Bertz CT molecular complexity index is 302. The topological polar surface area (TPSA) is 20.2 Å². The third-order valence-electron chi connectivity index (χ3n) is 3.07. The highest BCUT2D eigenvalue weighted by molar-refractivity contribution is 9.11. The average molecular weight is 305 g/mol. The molecule has 1 rings (SSSR count). The van der Waals surface area contributed by atoms with Gasteiger partial charge >= 0.3 is 0 Å². The van der Waals surface area contributed by atoms with Crippen LogP contribution in [0.1, 0.15) is 56.1 Å². The van der Waals surface area contributed by atoms with Gasteiger partial charge in [0.2, 0.25) is 0 Å². The molecule has 2 unspecified atom stereocenters. The molecular weight excluding hydrogens is 284 g/mol. The van der Waals surface area contributed by atoms with E-state index in [9.17, 15) is 5.11 Å². The third kappa shape index (κ3) is 3.57. The fraction of sp³-hybridized carbons (Fsp3) is 0.692. The molecule has 1 aromatic heterocycles. The second-order valence-electron chi connectivity index (χ2n) is 4.36. The third-order valence-corrected chi connectivity index (χ3v) is 5.27. The van der Waals surface area contributed by atoms with Crippen molar-refractivity contribution in [3.63, 3.8) is 0 Å². The highest BCUT2D eigenvalue weighted by Crippen LogP contribution is 2.36.